The van der Waals surface area contributed by atoms with Gasteiger partial charge in [-0.1, -0.05) is 55.6 Å². The topological polar surface area (TPSA) is 38.7 Å². The highest BCUT2D eigenvalue weighted by molar-refractivity contribution is 6.05. The Morgan fingerprint density at radius 2 is 1.61 bits per heavy atom. The van der Waals surface area contributed by atoms with Crippen molar-refractivity contribution in [2.24, 2.45) is 4.99 Å². The van der Waals surface area contributed by atoms with Crippen LogP contribution in [0.3, 0.4) is 0 Å². The fourth-order valence-electron chi connectivity index (χ4n) is 3.59. The molecule has 0 N–H and O–H groups in total. The minimum atomic E-state index is -0.153. The number of aryl methyl sites for hydroxylation is 2. The molecule has 0 aromatic heterocycles. The Balaban J connectivity index is 1.92. The van der Waals surface area contributed by atoms with Gasteiger partial charge < -0.3 is 4.74 Å². The number of ether oxygens (including phenoxy) is 1. The van der Waals surface area contributed by atoms with E-state index in [1.165, 1.54) is 28.3 Å². The number of aliphatic imine (C=N–C) groups is 1. The van der Waals surface area contributed by atoms with Crippen LogP contribution in [0.2, 0.25) is 0 Å². The molecule has 0 spiro atoms. The zero-order valence-electron chi connectivity index (χ0n) is 18.5. The molecule has 3 aromatic carbocycles. The van der Waals surface area contributed by atoms with E-state index in [0.29, 0.717) is 17.0 Å². The molecule has 0 atom stereocenters. The van der Waals surface area contributed by atoms with Gasteiger partial charge in [0, 0.05) is 16.8 Å². The van der Waals surface area contributed by atoms with E-state index in [-0.39, 0.29) is 5.78 Å². The molecular weight excluding hydrogens is 382 g/mol. The van der Waals surface area contributed by atoms with Gasteiger partial charge in [0.2, 0.25) is 0 Å². The first-order valence-corrected chi connectivity index (χ1v) is 10.1. The molecule has 0 aliphatic heterocycles. The van der Waals surface area contributed by atoms with Crippen LogP contribution in [-0.4, -0.2) is 18.6 Å². The molecule has 0 aliphatic carbocycles. The largest absolute Gasteiger partial charge is 0.496 e. The third kappa shape index (κ3) is 4.72. The molecule has 3 nitrogen and oxygen atoms in total. The molecule has 0 amide bonds. The van der Waals surface area contributed by atoms with E-state index in [0.717, 1.165) is 16.8 Å². The van der Waals surface area contributed by atoms with Crippen LogP contribution in [0.25, 0.3) is 16.8 Å². The van der Waals surface area contributed by atoms with E-state index in [4.69, 9.17) is 9.73 Å². The van der Waals surface area contributed by atoms with Crippen molar-refractivity contribution in [1.29, 1.82) is 0 Å². The monoisotopic (exact) mass is 409 g/mol. The zero-order chi connectivity index (χ0) is 22.5. The lowest BCUT2D eigenvalue weighted by atomic mass is 9.94. The van der Waals surface area contributed by atoms with Gasteiger partial charge in [0.1, 0.15) is 5.75 Å². The molecule has 156 valence electrons. The van der Waals surface area contributed by atoms with Crippen molar-refractivity contribution in [2.45, 2.75) is 20.8 Å². The van der Waals surface area contributed by atoms with E-state index in [1.807, 2.05) is 6.92 Å². The first-order valence-electron chi connectivity index (χ1n) is 10.1. The molecule has 0 saturated carbocycles. The average molecular weight is 410 g/mol. The fraction of sp³-hybridized carbons (Fsp3) is 0.143. The Morgan fingerprint density at radius 1 is 0.935 bits per heavy atom. The van der Waals surface area contributed by atoms with E-state index < -0.39 is 0 Å². The van der Waals surface area contributed by atoms with E-state index in [2.05, 4.69) is 69.5 Å². The van der Waals surface area contributed by atoms with Gasteiger partial charge in [-0.25, -0.2) is 0 Å². The lowest BCUT2D eigenvalue weighted by Gasteiger charge is -2.13. The molecule has 31 heavy (non-hydrogen) atoms. The SMILES string of the molecule is C=CC(=O)c1ccc(C(=C)N=C(C)c2ccc(-c3ccccc3C)c(C)c2)c(OC)c1. The van der Waals surface area contributed by atoms with E-state index in [9.17, 15) is 4.79 Å². The third-order valence-electron chi connectivity index (χ3n) is 5.36. The highest BCUT2D eigenvalue weighted by atomic mass is 16.5. The van der Waals surface area contributed by atoms with Gasteiger partial charge in [-0.15, -0.1) is 0 Å². The van der Waals surface area contributed by atoms with Gasteiger partial charge in [0.25, 0.3) is 0 Å². The predicted octanol–water partition coefficient (Wildman–Crippen LogP) is 6.83. The Hall–Kier alpha value is -3.72. The molecule has 3 rings (SSSR count). The van der Waals surface area contributed by atoms with E-state index in [1.54, 1.807) is 25.3 Å². The second-order valence-electron chi connectivity index (χ2n) is 7.47. The molecule has 3 heteroatoms. The Kier molecular flexibility index (Phi) is 6.66. The number of ketones is 1. The molecule has 0 bridgehead atoms. The average Bonchev–Trinajstić information content (AvgIpc) is 2.78. The van der Waals surface area contributed by atoms with Crippen molar-refractivity contribution in [3.05, 3.63) is 108 Å². The van der Waals surface area contributed by atoms with E-state index >= 15 is 0 Å². The normalized spacial score (nSPS) is 11.2. The standard InChI is InChI=1S/C28H27NO2/c1-7-27(30)23-13-15-26(28(17-23)31-6)21(5)29-20(4)22-12-14-25(19(3)16-22)24-11-9-8-10-18(24)2/h7-17H,1,5H2,2-4,6H3. The summed E-state index contributed by atoms with van der Waals surface area (Å²) in [6.45, 7) is 13.9. The molecule has 0 heterocycles. The first-order chi connectivity index (χ1) is 14.8. The molecule has 0 unspecified atom stereocenters. The van der Waals surface area contributed by atoms with Gasteiger partial charge in [-0.05, 0) is 72.9 Å². The Labute approximate surface area is 184 Å². The van der Waals surface area contributed by atoms with Crippen molar-refractivity contribution >= 4 is 17.2 Å². The van der Waals surface area contributed by atoms with Gasteiger partial charge in [-0.2, -0.15) is 0 Å². The van der Waals surface area contributed by atoms with Crippen molar-refractivity contribution < 1.29 is 9.53 Å². The zero-order valence-corrected chi connectivity index (χ0v) is 18.5. The van der Waals surface area contributed by atoms with Gasteiger partial charge in [0.05, 0.1) is 12.8 Å². The second kappa shape index (κ2) is 9.40. The lowest BCUT2D eigenvalue weighted by Crippen LogP contribution is -2.00. The maximum atomic E-state index is 11.9. The Morgan fingerprint density at radius 3 is 2.26 bits per heavy atom. The van der Waals surface area contributed by atoms with Crippen LogP contribution in [0.5, 0.6) is 5.75 Å². The van der Waals surface area contributed by atoms with Crippen LogP contribution >= 0.6 is 0 Å². The summed E-state index contributed by atoms with van der Waals surface area (Å²) in [4.78, 5) is 16.6. The van der Waals surface area contributed by atoms with Gasteiger partial charge in [0.15, 0.2) is 5.78 Å². The predicted molar refractivity (Wildman–Crippen MR) is 130 cm³/mol. The summed E-state index contributed by atoms with van der Waals surface area (Å²) in [6.07, 6.45) is 1.29. The summed E-state index contributed by atoms with van der Waals surface area (Å²) in [6, 6.07) is 20.0. The van der Waals surface area contributed by atoms with Crippen LogP contribution in [0.4, 0.5) is 0 Å². The first kappa shape index (κ1) is 22.0. The number of carbonyl (C=O) groups excluding carboxylic acids is 1. The van der Waals surface area contributed by atoms with Crippen molar-refractivity contribution in [2.75, 3.05) is 7.11 Å². The summed E-state index contributed by atoms with van der Waals surface area (Å²) in [5.41, 5.74) is 8.64. The second-order valence-corrected chi connectivity index (χ2v) is 7.47. The highest BCUT2D eigenvalue weighted by Crippen LogP contribution is 2.30. The van der Waals surface area contributed by atoms with Crippen molar-refractivity contribution in [3.63, 3.8) is 0 Å². The maximum Gasteiger partial charge on any atom is 0.185 e. The third-order valence-corrected chi connectivity index (χ3v) is 5.36. The lowest BCUT2D eigenvalue weighted by molar-refractivity contribution is 0.104. The molecule has 0 radical (unpaired) electrons. The number of methoxy groups -OCH3 is 1. The number of rotatable bonds is 7. The van der Waals surface area contributed by atoms with Crippen LogP contribution in [0.15, 0.2) is 84.9 Å². The number of carbonyl (C=O) groups is 1. The summed E-state index contributed by atoms with van der Waals surface area (Å²) >= 11 is 0. The molecule has 0 aliphatic rings. The van der Waals surface area contributed by atoms with Gasteiger partial charge in [-0.3, -0.25) is 9.79 Å². The fourth-order valence-corrected chi connectivity index (χ4v) is 3.59. The number of allylic oxidation sites excluding steroid dienone is 1. The van der Waals surface area contributed by atoms with Crippen LogP contribution in [0.1, 0.15) is 39.5 Å². The summed E-state index contributed by atoms with van der Waals surface area (Å²) in [7, 11) is 1.57. The van der Waals surface area contributed by atoms with Crippen molar-refractivity contribution in [3.8, 4) is 16.9 Å². The summed E-state index contributed by atoms with van der Waals surface area (Å²) in [5.74, 6) is 0.402. The van der Waals surface area contributed by atoms with Crippen LogP contribution < -0.4 is 4.74 Å². The summed E-state index contributed by atoms with van der Waals surface area (Å²) in [5, 5.41) is 0. The molecule has 0 saturated heterocycles. The highest BCUT2D eigenvalue weighted by Gasteiger charge is 2.12. The molecule has 0 fully saturated rings. The molecular formula is C28H27NO2. The number of hydrogen-bond acceptors (Lipinski definition) is 3. The van der Waals surface area contributed by atoms with Crippen molar-refractivity contribution in [1.82, 2.24) is 0 Å². The molecule has 3 aromatic rings. The quantitative estimate of drug-likeness (QED) is 0.244. The smallest absolute Gasteiger partial charge is 0.185 e. The summed E-state index contributed by atoms with van der Waals surface area (Å²) < 4.78 is 5.47. The minimum absolute atomic E-state index is 0.153. The maximum absolute atomic E-state index is 11.9. The number of benzene rings is 3. The Bertz CT molecular complexity index is 1200. The minimum Gasteiger partial charge on any atom is -0.496 e. The van der Waals surface area contributed by atoms with Gasteiger partial charge >= 0.3 is 0 Å². The number of hydrogen-bond donors (Lipinski definition) is 0. The van der Waals surface area contributed by atoms with Crippen LogP contribution in [0, 0.1) is 13.8 Å². The van der Waals surface area contributed by atoms with Crippen LogP contribution in [-0.2, 0) is 0 Å². The number of nitrogens with zero attached hydrogens (tertiary/aromatic N) is 1.